The highest BCUT2D eigenvalue weighted by Crippen LogP contribution is 2.25. The van der Waals surface area contributed by atoms with Gasteiger partial charge in [0.2, 0.25) is 6.39 Å². The average molecular weight is 186 g/mol. The van der Waals surface area contributed by atoms with Gasteiger partial charge in [-0.25, -0.2) is 0 Å². The molecule has 1 N–H and O–H groups in total. The number of carbonyl (C=O) groups is 1. The Balaban J connectivity index is 2.66. The molecule has 2 aromatic rings. The van der Waals surface area contributed by atoms with Crippen molar-refractivity contribution in [1.29, 1.82) is 0 Å². The highest BCUT2D eigenvalue weighted by atomic mass is 16.1. The van der Waals surface area contributed by atoms with Crippen molar-refractivity contribution >= 4 is 22.8 Å². The number of rotatable bonds is 1. The highest BCUT2D eigenvalue weighted by Gasteiger charge is 2.00. The molecule has 0 saturated heterocycles. The molecule has 1 amide bonds. The number of fused-ring (bicyclic) bond motifs is 1. The molecule has 0 bridgehead atoms. The number of nitrogens with one attached hydrogen (secondary N) is 1. The third kappa shape index (κ3) is 1.35. The first-order valence-corrected chi connectivity index (χ1v) is 4.44. The van der Waals surface area contributed by atoms with Crippen LogP contribution in [0.1, 0.15) is 6.93 Å². The standard InChI is InChI=1S/C12H11NO/c1-9-6-7-12(13-8-14)11-5-3-2-4-10(9)11/h2-8H,1H3,(H,13,14)/i8D. The van der Waals surface area contributed by atoms with E-state index in [4.69, 9.17) is 1.37 Å². The lowest BCUT2D eigenvalue weighted by atomic mass is 10.0. The lowest BCUT2D eigenvalue weighted by Gasteiger charge is -2.06. The Morgan fingerprint density at radius 2 is 1.93 bits per heavy atom. The van der Waals surface area contributed by atoms with Crippen LogP contribution in [-0.2, 0) is 4.79 Å². The van der Waals surface area contributed by atoms with Crippen molar-refractivity contribution in [3.8, 4) is 0 Å². The summed E-state index contributed by atoms with van der Waals surface area (Å²) >= 11 is 0. The van der Waals surface area contributed by atoms with Gasteiger partial charge in [-0.05, 0) is 23.9 Å². The Labute approximate surface area is 84.0 Å². The first-order chi connectivity index (χ1) is 7.18. The lowest BCUT2D eigenvalue weighted by molar-refractivity contribution is -0.105. The topological polar surface area (TPSA) is 29.1 Å². The predicted molar refractivity (Wildman–Crippen MR) is 58.4 cm³/mol. The number of hydrogen-bond acceptors (Lipinski definition) is 1. The lowest BCUT2D eigenvalue weighted by Crippen LogP contribution is -1.94. The molecule has 0 aliphatic rings. The molecule has 0 radical (unpaired) electrons. The second-order valence-electron chi connectivity index (χ2n) is 3.20. The van der Waals surface area contributed by atoms with Crippen molar-refractivity contribution < 1.29 is 6.17 Å². The monoisotopic (exact) mass is 186 g/mol. The van der Waals surface area contributed by atoms with Gasteiger partial charge in [-0.3, -0.25) is 4.79 Å². The summed E-state index contributed by atoms with van der Waals surface area (Å²) in [6.45, 7) is 2.02. The minimum atomic E-state index is -0.788. The van der Waals surface area contributed by atoms with Crippen molar-refractivity contribution in [2.75, 3.05) is 5.32 Å². The zero-order chi connectivity index (χ0) is 10.8. The fourth-order valence-corrected chi connectivity index (χ4v) is 1.61. The van der Waals surface area contributed by atoms with Crippen LogP contribution in [-0.4, -0.2) is 6.39 Å². The first kappa shape index (κ1) is 7.56. The maximum atomic E-state index is 10.7. The van der Waals surface area contributed by atoms with Gasteiger partial charge in [0.25, 0.3) is 0 Å². The molecule has 2 heteroatoms. The Morgan fingerprint density at radius 3 is 2.64 bits per heavy atom. The Hall–Kier alpha value is -1.83. The smallest absolute Gasteiger partial charge is 0.211 e. The number of carbonyl (C=O) groups excluding carboxylic acids is 1. The third-order valence-corrected chi connectivity index (χ3v) is 2.33. The van der Waals surface area contributed by atoms with E-state index in [1.165, 1.54) is 0 Å². The van der Waals surface area contributed by atoms with Crippen LogP contribution >= 0.6 is 0 Å². The molecule has 0 aromatic heterocycles. The van der Waals surface area contributed by atoms with Gasteiger partial charge in [0.05, 0.1) is 0 Å². The largest absolute Gasteiger partial charge is 0.328 e. The summed E-state index contributed by atoms with van der Waals surface area (Å²) in [7, 11) is 0. The van der Waals surface area contributed by atoms with Gasteiger partial charge in [0, 0.05) is 11.1 Å². The third-order valence-electron chi connectivity index (χ3n) is 2.33. The highest BCUT2D eigenvalue weighted by molar-refractivity contribution is 5.98. The van der Waals surface area contributed by atoms with Gasteiger partial charge in [0.1, 0.15) is 1.37 Å². The predicted octanol–water partition coefficient (Wildman–Crippen LogP) is 2.72. The zero-order valence-electron chi connectivity index (χ0n) is 8.87. The van der Waals surface area contributed by atoms with Crippen LogP contribution in [0.3, 0.4) is 0 Å². The molecule has 0 aliphatic heterocycles. The van der Waals surface area contributed by atoms with E-state index in [2.05, 4.69) is 5.32 Å². The van der Waals surface area contributed by atoms with Gasteiger partial charge in [-0.1, -0.05) is 30.3 Å². The molecule has 14 heavy (non-hydrogen) atoms. The van der Waals surface area contributed by atoms with Crippen molar-refractivity contribution in [1.82, 2.24) is 0 Å². The maximum Gasteiger partial charge on any atom is 0.211 e. The molecule has 0 heterocycles. The van der Waals surface area contributed by atoms with Gasteiger partial charge >= 0.3 is 0 Å². The minimum Gasteiger partial charge on any atom is -0.328 e. The summed E-state index contributed by atoms with van der Waals surface area (Å²) in [5.74, 6) is 0. The molecule has 2 nitrogen and oxygen atoms in total. The van der Waals surface area contributed by atoms with E-state index in [9.17, 15) is 4.79 Å². The second kappa shape index (κ2) is 3.50. The van der Waals surface area contributed by atoms with E-state index in [0.717, 1.165) is 16.3 Å². The van der Waals surface area contributed by atoms with E-state index in [0.29, 0.717) is 5.69 Å². The van der Waals surface area contributed by atoms with Crippen molar-refractivity contribution in [3.05, 3.63) is 42.0 Å². The van der Waals surface area contributed by atoms with Gasteiger partial charge in [-0.2, -0.15) is 0 Å². The van der Waals surface area contributed by atoms with Gasteiger partial charge < -0.3 is 5.32 Å². The summed E-state index contributed by atoms with van der Waals surface area (Å²) in [6, 6.07) is 11.6. The molecule has 0 aliphatic carbocycles. The molecule has 0 spiro atoms. The molecule has 2 rings (SSSR count). The Morgan fingerprint density at radius 1 is 1.21 bits per heavy atom. The summed E-state index contributed by atoms with van der Waals surface area (Å²) in [6.07, 6.45) is -0.788. The van der Waals surface area contributed by atoms with Gasteiger partial charge in [0.15, 0.2) is 0 Å². The average Bonchev–Trinajstić information content (AvgIpc) is 2.22. The SMILES string of the molecule is [2H]C(=O)Nc1ccc(C)c2ccccc12. The van der Waals surface area contributed by atoms with Crippen LogP contribution in [0.15, 0.2) is 36.4 Å². The van der Waals surface area contributed by atoms with Crippen LogP contribution < -0.4 is 5.32 Å². The van der Waals surface area contributed by atoms with E-state index < -0.39 is 6.39 Å². The normalized spacial score (nSPS) is 11.1. The zero-order valence-corrected chi connectivity index (χ0v) is 7.87. The number of benzene rings is 2. The van der Waals surface area contributed by atoms with E-state index >= 15 is 0 Å². The van der Waals surface area contributed by atoms with Gasteiger partial charge in [-0.15, -0.1) is 0 Å². The van der Waals surface area contributed by atoms with E-state index in [1.807, 2.05) is 43.3 Å². The van der Waals surface area contributed by atoms with E-state index in [1.54, 1.807) is 0 Å². The molecule has 0 fully saturated rings. The summed E-state index contributed by atoms with van der Waals surface area (Å²) in [4.78, 5) is 10.7. The van der Waals surface area contributed by atoms with Crippen LogP contribution in [0.2, 0.25) is 0 Å². The summed E-state index contributed by atoms with van der Waals surface area (Å²) < 4.78 is 6.89. The fraction of sp³-hybridized carbons (Fsp3) is 0.0833. The van der Waals surface area contributed by atoms with Crippen molar-refractivity contribution in [2.45, 2.75) is 6.92 Å². The summed E-state index contributed by atoms with van der Waals surface area (Å²) in [5.41, 5.74) is 1.85. The van der Waals surface area contributed by atoms with Crippen molar-refractivity contribution in [3.63, 3.8) is 0 Å². The first-order valence-electron chi connectivity index (χ1n) is 4.94. The number of amides is 1. The molecule has 0 atom stereocenters. The van der Waals surface area contributed by atoms with Crippen LogP contribution in [0, 0.1) is 6.92 Å². The molecular formula is C12H11NO. The fourth-order valence-electron chi connectivity index (χ4n) is 1.61. The molecular weight excluding hydrogens is 174 g/mol. The molecule has 2 aromatic carbocycles. The minimum absolute atomic E-state index is 0.691. The second-order valence-corrected chi connectivity index (χ2v) is 3.20. The molecule has 0 unspecified atom stereocenters. The number of anilines is 1. The number of aryl methyl sites for hydroxylation is 1. The van der Waals surface area contributed by atoms with Crippen LogP contribution in [0.4, 0.5) is 5.69 Å². The Kier molecular flexibility index (Phi) is 1.89. The number of hydrogen-bond donors (Lipinski definition) is 1. The quantitative estimate of drug-likeness (QED) is 0.681. The molecule has 0 saturated carbocycles. The van der Waals surface area contributed by atoms with Crippen molar-refractivity contribution in [2.24, 2.45) is 0 Å². The van der Waals surface area contributed by atoms with Crippen LogP contribution in [0.5, 0.6) is 0 Å². The van der Waals surface area contributed by atoms with Crippen LogP contribution in [0.25, 0.3) is 10.8 Å². The maximum absolute atomic E-state index is 10.7. The van der Waals surface area contributed by atoms with E-state index in [-0.39, 0.29) is 0 Å². The Bertz CT molecular complexity index is 522. The summed E-state index contributed by atoms with van der Waals surface area (Å²) in [5, 5.41) is 4.57. The molecule has 70 valence electrons.